The van der Waals surface area contributed by atoms with E-state index >= 15 is 0 Å². The Kier molecular flexibility index (Phi) is 6.52. The number of hydrogen-bond acceptors (Lipinski definition) is 5. The molecule has 1 saturated heterocycles. The lowest BCUT2D eigenvalue weighted by molar-refractivity contribution is -0.144. The molecule has 1 aliphatic heterocycles. The summed E-state index contributed by atoms with van der Waals surface area (Å²) >= 11 is 0. The highest BCUT2D eigenvalue weighted by molar-refractivity contribution is 8.77. The van der Waals surface area contributed by atoms with Crippen LogP contribution in [0.15, 0.2) is 0 Å². The van der Waals surface area contributed by atoms with E-state index in [0.717, 1.165) is 18.1 Å². The molecule has 1 aliphatic rings. The molecule has 0 spiro atoms. The molecule has 0 saturated carbocycles. The Morgan fingerprint density at radius 2 is 2.47 bits per heavy atom. The van der Waals surface area contributed by atoms with E-state index in [9.17, 15) is 4.79 Å². The summed E-state index contributed by atoms with van der Waals surface area (Å²) in [6.07, 6.45) is 4.24. The van der Waals surface area contributed by atoms with Crippen LogP contribution < -0.4 is 5.73 Å². The first-order valence-corrected chi connectivity index (χ1v) is 7.82. The van der Waals surface area contributed by atoms with Gasteiger partial charge in [-0.15, -0.1) is 0 Å². The standard InChI is InChI=1S/C10H19NO2S2/c1-2-13-10(12)9(11)5-3-4-8-6-7-14-15-8/h8-9H,2-7,11H2,1H3. The summed E-state index contributed by atoms with van der Waals surface area (Å²) in [5, 5.41) is 0.768. The summed E-state index contributed by atoms with van der Waals surface area (Å²) in [5.74, 6) is 1.00. The molecule has 0 amide bonds. The van der Waals surface area contributed by atoms with Gasteiger partial charge < -0.3 is 10.5 Å². The molecule has 0 aromatic heterocycles. The molecular formula is C10H19NO2S2. The van der Waals surface area contributed by atoms with E-state index in [-0.39, 0.29) is 5.97 Å². The summed E-state index contributed by atoms with van der Waals surface area (Å²) < 4.78 is 4.85. The molecule has 1 fully saturated rings. The van der Waals surface area contributed by atoms with Gasteiger partial charge in [-0.2, -0.15) is 0 Å². The van der Waals surface area contributed by atoms with Crippen LogP contribution in [-0.4, -0.2) is 29.6 Å². The average Bonchev–Trinajstić information content (AvgIpc) is 2.71. The summed E-state index contributed by atoms with van der Waals surface area (Å²) in [6, 6.07) is -0.427. The van der Waals surface area contributed by atoms with Gasteiger partial charge in [0.25, 0.3) is 0 Å². The van der Waals surface area contributed by atoms with Crippen LogP contribution >= 0.6 is 21.6 Å². The second-order valence-electron chi connectivity index (χ2n) is 3.62. The second-order valence-corrected chi connectivity index (χ2v) is 6.41. The maximum Gasteiger partial charge on any atom is 0.322 e. The minimum Gasteiger partial charge on any atom is -0.465 e. The number of rotatable bonds is 6. The minimum atomic E-state index is -0.427. The Morgan fingerprint density at radius 3 is 3.07 bits per heavy atom. The third-order valence-corrected chi connectivity index (χ3v) is 5.36. The van der Waals surface area contributed by atoms with Crippen molar-refractivity contribution >= 4 is 27.6 Å². The van der Waals surface area contributed by atoms with Crippen LogP contribution in [0.5, 0.6) is 0 Å². The molecule has 2 N–H and O–H groups in total. The van der Waals surface area contributed by atoms with Gasteiger partial charge in [-0.05, 0) is 26.2 Å². The third kappa shape index (κ3) is 5.13. The Balaban J connectivity index is 2.05. The number of nitrogens with two attached hydrogens (primary N) is 1. The van der Waals surface area contributed by atoms with E-state index in [1.54, 1.807) is 6.92 Å². The van der Waals surface area contributed by atoms with Crippen molar-refractivity contribution in [1.82, 2.24) is 0 Å². The molecule has 0 aromatic carbocycles. The number of hydrogen-bond donors (Lipinski definition) is 1. The lowest BCUT2D eigenvalue weighted by Gasteiger charge is -2.11. The van der Waals surface area contributed by atoms with E-state index in [4.69, 9.17) is 10.5 Å². The van der Waals surface area contributed by atoms with E-state index in [0.29, 0.717) is 6.61 Å². The monoisotopic (exact) mass is 249 g/mol. The molecule has 0 aromatic rings. The van der Waals surface area contributed by atoms with Crippen molar-refractivity contribution in [1.29, 1.82) is 0 Å². The molecule has 88 valence electrons. The van der Waals surface area contributed by atoms with Crippen molar-refractivity contribution in [2.75, 3.05) is 12.4 Å². The van der Waals surface area contributed by atoms with Crippen LogP contribution in [0.25, 0.3) is 0 Å². The molecule has 0 aliphatic carbocycles. The minimum absolute atomic E-state index is 0.258. The normalized spacial score (nSPS) is 22.7. The first-order valence-electron chi connectivity index (χ1n) is 5.44. The first kappa shape index (κ1) is 13.2. The van der Waals surface area contributed by atoms with Crippen molar-refractivity contribution in [3.05, 3.63) is 0 Å². The van der Waals surface area contributed by atoms with Crippen molar-refractivity contribution in [3.63, 3.8) is 0 Å². The van der Waals surface area contributed by atoms with Gasteiger partial charge in [-0.1, -0.05) is 28.0 Å². The van der Waals surface area contributed by atoms with Crippen molar-refractivity contribution < 1.29 is 9.53 Å². The molecule has 5 heteroatoms. The topological polar surface area (TPSA) is 52.3 Å². The van der Waals surface area contributed by atoms with Gasteiger partial charge in [-0.3, -0.25) is 4.79 Å². The lowest BCUT2D eigenvalue weighted by Crippen LogP contribution is -2.32. The number of ether oxygens (including phenoxy) is 1. The second kappa shape index (κ2) is 7.41. The van der Waals surface area contributed by atoms with E-state index < -0.39 is 6.04 Å². The van der Waals surface area contributed by atoms with E-state index in [1.807, 2.05) is 21.6 Å². The van der Waals surface area contributed by atoms with Crippen LogP contribution in [0.1, 0.15) is 32.6 Å². The molecule has 1 heterocycles. The van der Waals surface area contributed by atoms with Crippen LogP contribution in [0.3, 0.4) is 0 Å². The Hall–Kier alpha value is 0.130. The van der Waals surface area contributed by atoms with Crippen LogP contribution in [0.4, 0.5) is 0 Å². The number of carbonyl (C=O) groups is 1. The fourth-order valence-corrected chi connectivity index (χ4v) is 4.52. The van der Waals surface area contributed by atoms with Crippen LogP contribution in [0, 0.1) is 0 Å². The predicted octanol–water partition coefficient (Wildman–Crippen LogP) is 2.20. The van der Waals surface area contributed by atoms with Gasteiger partial charge in [-0.25, -0.2) is 0 Å². The quantitative estimate of drug-likeness (QED) is 0.578. The van der Waals surface area contributed by atoms with Gasteiger partial charge in [0.1, 0.15) is 6.04 Å². The smallest absolute Gasteiger partial charge is 0.322 e. The Morgan fingerprint density at radius 1 is 1.67 bits per heavy atom. The van der Waals surface area contributed by atoms with Gasteiger partial charge in [0.2, 0.25) is 0 Å². The van der Waals surface area contributed by atoms with Crippen molar-refractivity contribution in [3.8, 4) is 0 Å². The molecule has 2 atom stereocenters. The molecule has 15 heavy (non-hydrogen) atoms. The maximum absolute atomic E-state index is 11.2. The number of esters is 1. The predicted molar refractivity (Wildman–Crippen MR) is 66.9 cm³/mol. The highest BCUT2D eigenvalue weighted by Gasteiger charge is 2.18. The highest BCUT2D eigenvalue weighted by atomic mass is 33.1. The fourth-order valence-electron chi connectivity index (χ4n) is 1.50. The zero-order valence-corrected chi connectivity index (χ0v) is 10.7. The summed E-state index contributed by atoms with van der Waals surface area (Å²) in [5.41, 5.74) is 5.70. The van der Waals surface area contributed by atoms with Crippen LogP contribution in [-0.2, 0) is 9.53 Å². The molecule has 2 unspecified atom stereocenters. The van der Waals surface area contributed by atoms with E-state index in [1.165, 1.54) is 18.6 Å². The molecule has 0 radical (unpaired) electrons. The van der Waals surface area contributed by atoms with E-state index in [2.05, 4.69) is 0 Å². The summed E-state index contributed by atoms with van der Waals surface area (Å²) in [6.45, 7) is 2.22. The molecule has 1 rings (SSSR count). The third-order valence-electron chi connectivity index (χ3n) is 2.36. The molecule has 0 bridgehead atoms. The maximum atomic E-state index is 11.2. The fraction of sp³-hybridized carbons (Fsp3) is 0.900. The van der Waals surface area contributed by atoms with Crippen molar-refractivity contribution in [2.24, 2.45) is 5.73 Å². The zero-order valence-electron chi connectivity index (χ0n) is 9.11. The summed E-state index contributed by atoms with van der Waals surface area (Å²) in [7, 11) is 3.92. The lowest BCUT2D eigenvalue weighted by atomic mass is 10.1. The SMILES string of the molecule is CCOC(=O)C(N)CCCC1CCSS1. The Labute approximate surface area is 99.3 Å². The molecular weight excluding hydrogens is 230 g/mol. The highest BCUT2D eigenvalue weighted by Crippen LogP contribution is 2.39. The largest absolute Gasteiger partial charge is 0.465 e. The zero-order chi connectivity index (χ0) is 11.1. The Bertz CT molecular complexity index is 196. The van der Waals surface area contributed by atoms with Gasteiger partial charge in [0.15, 0.2) is 0 Å². The van der Waals surface area contributed by atoms with Gasteiger partial charge in [0, 0.05) is 11.0 Å². The average molecular weight is 249 g/mol. The van der Waals surface area contributed by atoms with Gasteiger partial charge >= 0.3 is 5.97 Å². The first-order chi connectivity index (χ1) is 7.24. The van der Waals surface area contributed by atoms with Crippen molar-refractivity contribution in [2.45, 2.75) is 43.9 Å². The van der Waals surface area contributed by atoms with Gasteiger partial charge in [0.05, 0.1) is 6.61 Å². The van der Waals surface area contributed by atoms with Crippen LogP contribution in [0.2, 0.25) is 0 Å². The molecule has 3 nitrogen and oxygen atoms in total. The number of carbonyl (C=O) groups excluding carboxylic acids is 1. The summed E-state index contributed by atoms with van der Waals surface area (Å²) in [4.78, 5) is 11.2.